The van der Waals surface area contributed by atoms with Crippen LogP contribution in [0.3, 0.4) is 0 Å². The van der Waals surface area contributed by atoms with Gasteiger partial charge in [0.25, 0.3) is 0 Å². The normalized spacial score (nSPS) is 11.4. The molecule has 0 saturated heterocycles. The molecule has 0 aromatic heterocycles. The molecule has 6 heteroatoms. The van der Waals surface area contributed by atoms with Gasteiger partial charge in [-0.25, -0.2) is 0 Å². The van der Waals surface area contributed by atoms with Gasteiger partial charge in [-0.2, -0.15) is 0 Å². The molecule has 0 aliphatic carbocycles. The van der Waals surface area contributed by atoms with Crippen molar-refractivity contribution >= 4 is 13.4 Å². The molecule has 1 aromatic carbocycles. The fourth-order valence-corrected chi connectivity index (χ4v) is 2.30. The van der Waals surface area contributed by atoms with Gasteiger partial charge in [0.05, 0.1) is 0 Å². The van der Waals surface area contributed by atoms with E-state index in [1.807, 2.05) is 0 Å². The first-order valence-electron chi connectivity index (χ1n) is 5.00. The molecule has 17 heavy (non-hydrogen) atoms. The average Bonchev–Trinajstić information content (AvgIpc) is 2.32. The molecule has 0 aliphatic heterocycles. The number of carbonyl (C=O) groups is 1. The summed E-state index contributed by atoms with van der Waals surface area (Å²) in [6, 6.07) is 6.51. The molecule has 0 aliphatic rings. The number of para-hydroxylation sites is 1. The molecule has 0 heterocycles. The Morgan fingerprint density at radius 2 is 1.88 bits per heavy atom. The zero-order valence-electron chi connectivity index (χ0n) is 9.75. The lowest BCUT2D eigenvalue weighted by Gasteiger charge is -2.12. The van der Waals surface area contributed by atoms with Gasteiger partial charge in [0, 0.05) is 26.2 Å². The summed E-state index contributed by atoms with van der Waals surface area (Å²) < 4.78 is 21.1. The molecule has 0 amide bonds. The molecule has 0 radical (unpaired) electrons. The minimum atomic E-state index is -3.32. The van der Waals surface area contributed by atoms with E-state index in [-0.39, 0.29) is 24.1 Å². The van der Waals surface area contributed by atoms with Crippen molar-refractivity contribution in [2.24, 2.45) is 0 Å². The Hall–Kier alpha value is -1.16. The van der Waals surface area contributed by atoms with Crippen molar-refractivity contribution in [2.45, 2.75) is 6.42 Å². The quantitative estimate of drug-likeness (QED) is 0.790. The molecule has 94 valence electrons. The molecule has 0 bridgehead atoms. The number of hydrogen-bond donors (Lipinski definition) is 1. The van der Waals surface area contributed by atoms with Gasteiger partial charge < -0.3 is 14.2 Å². The number of aromatic hydroxyl groups is 1. The zero-order chi connectivity index (χ0) is 12.9. The van der Waals surface area contributed by atoms with Crippen LogP contribution in [0, 0.1) is 0 Å². The van der Waals surface area contributed by atoms with E-state index in [9.17, 15) is 14.5 Å². The summed E-state index contributed by atoms with van der Waals surface area (Å²) in [5.41, 5.74) is 0.497. The Morgan fingerprint density at radius 1 is 1.29 bits per heavy atom. The van der Waals surface area contributed by atoms with Crippen molar-refractivity contribution < 1.29 is 23.5 Å². The monoisotopic (exact) mass is 258 g/mol. The smallest absolute Gasteiger partial charge is 0.337 e. The highest BCUT2D eigenvalue weighted by molar-refractivity contribution is 7.54. The van der Waals surface area contributed by atoms with Crippen molar-refractivity contribution in [3.05, 3.63) is 29.8 Å². The van der Waals surface area contributed by atoms with Gasteiger partial charge in [0.2, 0.25) is 0 Å². The Kier molecular flexibility index (Phi) is 4.87. The molecule has 1 aromatic rings. The third-order valence-corrected chi connectivity index (χ3v) is 4.16. The van der Waals surface area contributed by atoms with Crippen molar-refractivity contribution in [1.29, 1.82) is 0 Å². The molecular weight excluding hydrogens is 243 g/mol. The summed E-state index contributed by atoms with van der Waals surface area (Å²) in [6.07, 6.45) is -0.294. The topological polar surface area (TPSA) is 72.8 Å². The zero-order valence-corrected chi connectivity index (χ0v) is 10.6. The van der Waals surface area contributed by atoms with Gasteiger partial charge in [-0.15, -0.1) is 0 Å². The minimum Gasteiger partial charge on any atom is -0.508 e. The fraction of sp³-hybridized carbons (Fsp3) is 0.364. The number of phenolic OH excluding ortho intramolecular Hbond substituents is 1. The SMILES string of the molecule is COP(=O)(CC(=O)Cc1ccccc1O)OC. The maximum Gasteiger partial charge on any atom is 0.337 e. The maximum absolute atomic E-state index is 11.7. The molecule has 0 atom stereocenters. The van der Waals surface area contributed by atoms with E-state index < -0.39 is 7.60 Å². The van der Waals surface area contributed by atoms with E-state index in [1.54, 1.807) is 18.2 Å². The van der Waals surface area contributed by atoms with Crippen LogP contribution < -0.4 is 0 Å². The number of ketones is 1. The van der Waals surface area contributed by atoms with E-state index in [4.69, 9.17) is 0 Å². The fourth-order valence-electron chi connectivity index (χ4n) is 1.35. The highest BCUT2D eigenvalue weighted by Crippen LogP contribution is 2.46. The summed E-state index contributed by atoms with van der Waals surface area (Å²) in [6.45, 7) is 0. The van der Waals surface area contributed by atoms with E-state index in [2.05, 4.69) is 9.05 Å². The molecule has 0 unspecified atom stereocenters. The second kappa shape index (κ2) is 5.96. The lowest BCUT2D eigenvalue weighted by atomic mass is 10.1. The predicted molar refractivity (Wildman–Crippen MR) is 63.3 cm³/mol. The third-order valence-electron chi connectivity index (χ3n) is 2.31. The second-order valence-corrected chi connectivity index (χ2v) is 5.75. The maximum atomic E-state index is 11.7. The Bertz CT molecular complexity index is 435. The van der Waals surface area contributed by atoms with E-state index in [0.29, 0.717) is 5.56 Å². The molecule has 0 spiro atoms. The van der Waals surface area contributed by atoms with Crippen LogP contribution in [-0.4, -0.2) is 31.3 Å². The van der Waals surface area contributed by atoms with Crippen LogP contribution in [0.1, 0.15) is 5.56 Å². The average molecular weight is 258 g/mol. The second-order valence-electron chi connectivity index (χ2n) is 3.48. The minimum absolute atomic E-state index is 0.00336. The van der Waals surface area contributed by atoms with Crippen molar-refractivity contribution in [1.82, 2.24) is 0 Å². The van der Waals surface area contributed by atoms with Crippen molar-refractivity contribution in [3.63, 3.8) is 0 Å². The highest BCUT2D eigenvalue weighted by Gasteiger charge is 2.25. The van der Waals surface area contributed by atoms with Crippen LogP contribution in [0.2, 0.25) is 0 Å². The van der Waals surface area contributed by atoms with Gasteiger partial charge in [0.1, 0.15) is 17.7 Å². The molecule has 0 saturated carbocycles. The van der Waals surface area contributed by atoms with Crippen LogP contribution >= 0.6 is 7.60 Å². The van der Waals surface area contributed by atoms with E-state index >= 15 is 0 Å². The van der Waals surface area contributed by atoms with Crippen molar-refractivity contribution in [2.75, 3.05) is 20.4 Å². The van der Waals surface area contributed by atoms with Crippen LogP contribution in [0.25, 0.3) is 0 Å². The van der Waals surface area contributed by atoms with Gasteiger partial charge in [-0.1, -0.05) is 18.2 Å². The molecule has 5 nitrogen and oxygen atoms in total. The summed E-state index contributed by atoms with van der Waals surface area (Å²) >= 11 is 0. The first-order chi connectivity index (χ1) is 8.00. The summed E-state index contributed by atoms with van der Waals surface area (Å²) in [5, 5.41) is 9.49. The van der Waals surface area contributed by atoms with Gasteiger partial charge in [-0.05, 0) is 6.07 Å². The summed E-state index contributed by atoms with van der Waals surface area (Å²) in [7, 11) is -0.853. The van der Waals surface area contributed by atoms with Gasteiger partial charge >= 0.3 is 7.60 Å². The number of Topliss-reactive ketones (excluding diaryl/α,β-unsaturated/α-hetero) is 1. The van der Waals surface area contributed by atoms with Crippen LogP contribution in [0.5, 0.6) is 5.75 Å². The highest BCUT2D eigenvalue weighted by atomic mass is 31.2. The lowest BCUT2D eigenvalue weighted by molar-refractivity contribution is -0.116. The number of rotatable bonds is 6. The molecule has 1 rings (SSSR count). The van der Waals surface area contributed by atoms with Crippen LogP contribution in [0.15, 0.2) is 24.3 Å². The van der Waals surface area contributed by atoms with Gasteiger partial charge in [-0.3, -0.25) is 9.36 Å². The van der Waals surface area contributed by atoms with Crippen molar-refractivity contribution in [3.8, 4) is 5.75 Å². The molecular formula is C11H15O5P. The van der Waals surface area contributed by atoms with E-state index in [0.717, 1.165) is 0 Å². The lowest BCUT2D eigenvalue weighted by Crippen LogP contribution is -2.10. The number of carbonyl (C=O) groups excluding carboxylic acids is 1. The van der Waals surface area contributed by atoms with Gasteiger partial charge in [0.15, 0.2) is 0 Å². The summed E-state index contributed by atoms with van der Waals surface area (Å²) in [4.78, 5) is 11.7. The number of hydrogen-bond acceptors (Lipinski definition) is 5. The molecule has 0 fully saturated rings. The summed E-state index contributed by atoms with van der Waals surface area (Å²) in [5.74, 6) is -0.260. The predicted octanol–water partition coefficient (Wildman–Crippen LogP) is 1.99. The van der Waals surface area contributed by atoms with E-state index in [1.165, 1.54) is 20.3 Å². The molecule has 1 N–H and O–H groups in total. The Morgan fingerprint density at radius 3 is 2.41 bits per heavy atom. The van der Waals surface area contributed by atoms with Crippen LogP contribution in [-0.2, 0) is 24.8 Å². The third kappa shape index (κ3) is 3.97. The number of benzene rings is 1. The first-order valence-corrected chi connectivity index (χ1v) is 6.72. The van der Waals surface area contributed by atoms with Crippen LogP contribution in [0.4, 0.5) is 0 Å². The number of phenols is 1. The Labute approximate surface area is 99.9 Å². The largest absolute Gasteiger partial charge is 0.508 e. The first kappa shape index (κ1) is 13.9. The standard InChI is InChI=1S/C11H15O5P/c1-15-17(14,16-2)8-10(12)7-9-5-3-4-6-11(9)13/h3-6,13H,7-8H2,1-2H3. The Balaban J connectivity index is 2.68.